The lowest BCUT2D eigenvalue weighted by molar-refractivity contribution is 0.578. The van der Waals surface area contributed by atoms with E-state index in [0.29, 0.717) is 0 Å². The largest absolute Gasteiger partial charge is 0.372 e. The quantitative estimate of drug-likeness (QED) is 0.606. The number of pyridine rings is 1. The Hall–Kier alpha value is -2.69. The normalized spacial score (nSPS) is 15.4. The van der Waals surface area contributed by atoms with Crippen molar-refractivity contribution in [3.63, 3.8) is 0 Å². The Morgan fingerprint density at radius 2 is 1.64 bits per heavy atom. The zero-order valence-electron chi connectivity index (χ0n) is 14.8. The number of nitrogens with zero attached hydrogens (tertiary/aromatic N) is 5. The molecule has 2 aromatic heterocycles. The first-order chi connectivity index (χ1) is 12.2. The van der Waals surface area contributed by atoms with Crippen LogP contribution in [0.5, 0.6) is 0 Å². The Morgan fingerprint density at radius 1 is 0.880 bits per heavy atom. The number of rotatable bonds is 3. The Bertz CT molecular complexity index is 902. The van der Waals surface area contributed by atoms with Crippen molar-refractivity contribution in [2.75, 3.05) is 18.0 Å². The summed E-state index contributed by atoms with van der Waals surface area (Å²) in [5, 5.41) is 8.88. The minimum Gasteiger partial charge on any atom is -0.372 e. The van der Waals surface area contributed by atoms with E-state index in [9.17, 15) is 0 Å². The third kappa shape index (κ3) is 3.27. The van der Waals surface area contributed by atoms with Crippen LogP contribution < -0.4 is 4.90 Å². The third-order valence-corrected chi connectivity index (χ3v) is 4.74. The molecule has 0 spiro atoms. The minimum absolute atomic E-state index is 0.791. The molecule has 3 heterocycles. The average molecular weight is 333 g/mol. The number of hydrogen-bond donors (Lipinski definition) is 0. The summed E-state index contributed by atoms with van der Waals surface area (Å²) in [5.74, 6) is 0.791. The summed E-state index contributed by atoms with van der Waals surface area (Å²) in [6.45, 7) is 6.34. The fourth-order valence-corrected chi connectivity index (χ4v) is 3.36. The molecule has 1 saturated heterocycles. The van der Waals surface area contributed by atoms with Crippen LogP contribution >= 0.6 is 0 Å². The average Bonchev–Trinajstić information content (AvgIpc) is 2.96. The third-order valence-electron chi connectivity index (χ3n) is 4.74. The summed E-state index contributed by atoms with van der Waals surface area (Å²) >= 11 is 0. The molecule has 1 aliphatic heterocycles. The van der Waals surface area contributed by atoms with Crippen molar-refractivity contribution < 1.29 is 0 Å². The number of anilines is 1. The molecule has 1 fully saturated rings. The van der Waals surface area contributed by atoms with Crippen LogP contribution in [0.25, 0.3) is 5.65 Å². The van der Waals surface area contributed by atoms with E-state index in [-0.39, 0.29) is 0 Å². The number of azo groups is 1. The van der Waals surface area contributed by atoms with E-state index in [1.807, 2.05) is 35.7 Å². The van der Waals surface area contributed by atoms with E-state index in [1.54, 1.807) is 0 Å². The molecule has 25 heavy (non-hydrogen) atoms. The van der Waals surface area contributed by atoms with Gasteiger partial charge in [-0.05, 0) is 69.0 Å². The smallest absolute Gasteiger partial charge is 0.182 e. The Morgan fingerprint density at radius 3 is 2.40 bits per heavy atom. The first-order valence-electron chi connectivity index (χ1n) is 8.93. The van der Waals surface area contributed by atoms with Crippen LogP contribution in [0, 0.1) is 13.8 Å². The fourth-order valence-electron chi connectivity index (χ4n) is 3.36. The highest BCUT2D eigenvalue weighted by molar-refractivity contribution is 5.54. The second kappa shape index (κ2) is 6.67. The lowest BCUT2D eigenvalue weighted by Gasteiger charge is -2.28. The molecule has 0 unspecified atom stereocenters. The molecule has 5 heteroatoms. The lowest BCUT2D eigenvalue weighted by atomic mass is 10.1. The molecule has 5 nitrogen and oxygen atoms in total. The van der Waals surface area contributed by atoms with Gasteiger partial charge in [0.25, 0.3) is 0 Å². The second-order valence-electron chi connectivity index (χ2n) is 6.72. The molecule has 0 amide bonds. The molecule has 3 aromatic rings. The predicted molar refractivity (Wildman–Crippen MR) is 101 cm³/mol. The summed E-state index contributed by atoms with van der Waals surface area (Å²) < 4.78 is 2.00. The molecule has 0 bridgehead atoms. The number of aryl methyl sites for hydroxylation is 2. The maximum Gasteiger partial charge on any atom is 0.182 e. The number of benzene rings is 1. The van der Waals surface area contributed by atoms with Gasteiger partial charge >= 0.3 is 0 Å². The van der Waals surface area contributed by atoms with Gasteiger partial charge in [-0.25, -0.2) is 4.98 Å². The molecule has 0 saturated carbocycles. The Kier molecular flexibility index (Phi) is 4.22. The van der Waals surface area contributed by atoms with E-state index >= 15 is 0 Å². The van der Waals surface area contributed by atoms with Crippen LogP contribution in [-0.2, 0) is 0 Å². The fraction of sp³-hybridized carbons (Fsp3) is 0.350. The van der Waals surface area contributed by atoms with E-state index < -0.39 is 0 Å². The number of imidazole rings is 1. The highest BCUT2D eigenvalue weighted by Gasteiger charge is 2.11. The van der Waals surface area contributed by atoms with Crippen molar-refractivity contribution in [1.29, 1.82) is 0 Å². The Labute approximate surface area is 148 Å². The van der Waals surface area contributed by atoms with Crippen LogP contribution in [0.4, 0.5) is 17.2 Å². The van der Waals surface area contributed by atoms with Gasteiger partial charge in [-0.2, -0.15) is 0 Å². The van der Waals surface area contributed by atoms with Crippen LogP contribution in [0.1, 0.15) is 30.5 Å². The summed E-state index contributed by atoms with van der Waals surface area (Å²) in [6.07, 6.45) is 5.97. The number of hydrogen-bond acceptors (Lipinski definition) is 4. The van der Waals surface area contributed by atoms with E-state index in [4.69, 9.17) is 0 Å². The maximum absolute atomic E-state index is 4.54. The van der Waals surface area contributed by atoms with E-state index in [1.165, 1.54) is 30.5 Å². The molecule has 0 atom stereocenters. The van der Waals surface area contributed by atoms with Crippen molar-refractivity contribution in [2.24, 2.45) is 10.2 Å². The Balaban J connectivity index is 1.57. The zero-order chi connectivity index (χ0) is 17.2. The SMILES string of the molecule is Cc1ccc2nc(C)c(N=Nc3ccc(N4CCCCC4)cc3)n2c1. The summed E-state index contributed by atoms with van der Waals surface area (Å²) in [5.41, 5.74) is 5.10. The van der Waals surface area contributed by atoms with Gasteiger partial charge in [0.05, 0.1) is 11.4 Å². The van der Waals surface area contributed by atoms with E-state index in [0.717, 1.165) is 35.9 Å². The minimum atomic E-state index is 0.791. The summed E-state index contributed by atoms with van der Waals surface area (Å²) in [4.78, 5) is 6.99. The van der Waals surface area contributed by atoms with Crippen molar-refractivity contribution in [1.82, 2.24) is 9.38 Å². The predicted octanol–water partition coefficient (Wildman–Crippen LogP) is 5.36. The van der Waals surface area contributed by atoms with Crippen molar-refractivity contribution in [3.05, 3.63) is 53.9 Å². The molecule has 4 rings (SSSR count). The molecular weight excluding hydrogens is 310 g/mol. The van der Waals surface area contributed by atoms with Gasteiger partial charge in [0, 0.05) is 25.0 Å². The van der Waals surface area contributed by atoms with Crippen molar-refractivity contribution >= 4 is 22.8 Å². The first-order valence-corrected chi connectivity index (χ1v) is 8.93. The zero-order valence-corrected chi connectivity index (χ0v) is 14.8. The van der Waals surface area contributed by atoms with Crippen LogP contribution in [0.3, 0.4) is 0 Å². The number of aromatic nitrogens is 2. The molecule has 1 aliphatic rings. The molecule has 0 N–H and O–H groups in total. The highest BCUT2D eigenvalue weighted by Crippen LogP contribution is 2.26. The molecule has 128 valence electrons. The van der Waals surface area contributed by atoms with Gasteiger partial charge in [0.1, 0.15) is 5.65 Å². The van der Waals surface area contributed by atoms with E-state index in [2.05, 4.69) is 45.2 Å². The number of fused-ring (bicyclic) bond motifs is 1. The summed E-state index contributed by atoms with van der Waals surface area (Å²) in [7, 11) is 0. The summed E-state index contributed by atoms with van der Waals surface area (Å²) in [6, 6.07) is 12.4. The molecule has 1 aromatic carbocycles. The van der Waals surface area contributed by atoms with Gasteiger partial charge in [-0.1, -0.05) is 6.07 Å². The number of piperidine rings is 1. The van der Waals surface area contributed by atoms with Crippen LogP contribution in [-0.4, -0.2) is 22.5 Å². The van der Waals surface area contributed by atoms with Crippen LogP contribution in [0.15, 0.2) is 52.8 Å². The maximum atomic E-state index is 4.54. The van der Waals surface area contributed by atoms with Gasteiger partial charge in [-0.15, -0.1) is 10.2 Å². The highest BCUT2D eigenvalue weighted by atomic mass is 15.2. The van der Waals surface area contributed by atoms with Gasteiger partial charge in [0.2, 0.25) is 0 Å². The van der Waals surface area contributed by atoms with Gasteiger partial charge in [0.15, 0.2) is 5.82 Å². The topological polar surface area (TPSA) is 45.3 Å². The van der Waals surface area contributed by atoms with Crippen molar-refractivity contribution in [2.45, 2.75) is 33.1 Å². The monoisotopic (exact) mass is 333 g/mol. The first kappa shape index (κ1) is 15.8. The standard InChI is InChI=1S/C20H23N5/c1-15-6-11-19-21-16(2)20(25(19)14-15)23-22-17-7-9-18(10-8-17)24-12-4-3-5-13-24/h6-11,14H,3-5,12-13H2,1-2H3. The van der Waals surface area contributed by atoms with Gasteiger partial charge in [-0.3, -0.25) is 4.40 Å². The van der Waals surface area contributed by atoms with Crippen LogP contribution in [0.2, 0.25) is 0 Å². The lowest BCUT2D eigenvalue weighted by Crippen LogP contribution is -2.29. The molecular formula is C20H23N5. The van der Waals surface area contributed by atoms with Crippen molar-refractivity contribution in [3.8, 4) is 0 Å². The molecule has 0 radical (unpaired) electrons. The van der Waals surface area contributed by atoms with Gasteiger partial charge < -0.3 is 4.90 Å². The second-order valence-corrected chi connectivity index (χ2v) is 6.72. The molecule has 0 aliphatic carbocycles.